The molecule has 0 atom stereocenters. The van der Waals surface area contributed by atoms with Crippen LogP contribution in [0.1, 0.15) is 0 Å². The Balaban J connectivity index is 1.52. The molecule has 0 amide bonds. The molecule has 8 aromatic rings. The molecule has 3 aromatic heterocycles. The van der Waals surface area contributed by atoms with Crippen molar-refractivity contribution in [3.63, 3.8) is 0 Å². The van der Waals surface area contributed by atoms with Crippen LogP contribution in [-0.2, 0) is 0 Å². The van der Waals surface area contributed by atoms with Crippen molar-refractivity contribution in [1.82, 2.24) is 9.38 Å². The molecule has 0 aliphatic carbocycles. The fourth-order valence-electron chi connectivity index (χ4n) is 5.98. The van der Waals surface area contributed by atoms with E-state index in [2.05, 4.69) is 4.40 Å². The molecule has 0 saturated heterocycles. The average molecular weight is 527 g/mol. The first-order chi connectivity index (χ1) is 20.2. The highest BCUT2D eigenvalue weighted by atomic mass is 16.1. The minimum atomic E-state index is -0.0808. The molecule has 192 valence electrons. The van der Waals surface area contributed by atoms with E-state index in [1.165, 1.54) is 0 Å². The zero-order valence-corrected chi connectivity index (χ0v) is 21.9. The molecule has 41 heavy (non-hydrogen) atoms. The number of fused-ring (bicyclic) bond motifs is 4. The predicted octanol–water partition coefficient (Wildman–Crippen LogP) is 7.95. The topological polar surface area (TPSA) is 51.4 Å². The number of para-hydroxylation sites is 2. The zero-order chi connectivity index (χ0) is 27.5. The summed E-state index contributed by atoms with van der Waals surface area (Å²) in [7, 11) is 0. The largest absolute Gasteiger partial charge is 0.308 e. The smallest absolute Gasteiger partial charge is 0.197 e. The van der Waals surface area contributed by atoms with Gasteiger partial charge in [0.2, 0.25) is 0 Å². The molecule has 0 N–H and O–H groups in total. The number of aromatic nitrogens is 2. The lowest BCUT2D eigenvalue weighted by atomic mass is 9.95. The van der Waals surface area contributed by atoms with Crippen LogP contribution in [0.2, 0.25) is 0 Å². The molecule has 0 bridgehead atoms. The lowest BCUT2D eigenvalue weighted by Crippen LogP contribution is -2.14. The van der Waals surface area contributed by atoms with Gasteiger partial charge in [-0.1, -0.05) is 84.9 Å². The van der Waals surface area contributed by atoms with Crippen molar-refractivity contribution < 1.29 is 0 Å². The third kappa shape index (κ3) is 3.58. The van der Waals surface area contributed by atoms with Crippen LogP contribution < -0.4 is 10.9 Å². The van der Waals surface area contributed by atoms with Crippen LogP contribution in [-0.4, -0.2) is 9.38 Å². The summed E-state index contributed by atoms with van der Waals surface area (Å²) in [5.41, 5.74) is 7.40. The van der Waals surface area contributed by atoms with Crippen molar-refractivity contribution in [2.45, 2.75) is 0 Å². The van der Waals surface area contributed by atoms with Gasteiger partial charge in [-0.2, -0.15) is 0 Å². The molecule has 0 aliphatic rings. The van der Waals surface area contributed by atoms with E-state index in [9.17, 15) is 9.59 Å². The Labute approximate surface area is 234 Å². The van der Waals surface area contributed by atoms with E-state index in [-0.39, 0.29) is 10.9 Å². The Bertz CT molecular complexity index is 2240. The SMILES string of the molecule is O=c1c2ccccc2n2c3ccccc3c(=O)c3cc(-c4cc(-c5ccccc5)nc(-c5ccccc5)c4)cc1c32. The van der Waals surface area contributed by atoms with E-state index in [0.29, 0.717) is 27.1 Å². The highest BCUT2D eigenvalue weighted by Crippen LogP contribution is 2.34. The molecule has 0 radical (unpaired) electrons. The van der Waals surface area contributed by atoms with E-state index in [1.807, 2.05) is 133 Å². The first-order valence-corrected chi connectivity index (χ1v) is 13.6. The summed E-state index contributed by atoms with van der Waals surface area (Å²) < 4.78 is 2.07. The van der Waals surface area contributed by atoms with Gasteiger partial charge in [0.25, 0.3) is 0 Å². The Hall–Kier alpha value is -5.61. The van der Waals surface area contributed by atoms with Gasteiger partial charge in [-0.05, 0) is 59.7 Å². The molecular formula is C37H22N2O2. The van der Waals surface area contributed by atoms with E-state index >= 15 is 0 Å². The summed E-state index contributed by atoms with van der Waals surface area (Å²) in [6.45, 7) is 0. The lowest BCUT2D eigenvalue weighted by Gasteiger charge is -2.16. The molecule has 4 nitrogen and oxygen atoms in total. The highest BCUT2D eigenvalue weighted by molar-refractivity contribution is 6.09. The number of hydrogen-bond acceptors (Lipinski definition) is 3. The molecular weight excluding hydrogens is 504 g/mol. The predicted molar refractivity (Wildman–Crippen MR) is 168 cm³/mol. The van der Waals surface area contributed by atoms with Crippen molar-refractivity contribution in [2.75, 3.05) is 0 Å². The maximum absolute atomic E-state index is 14.0. The number of hydrogen-bond donors (Lipinski definition) is 0. The molecule has 3 heterocycles. The van der Waals surface area contributed by atoms with Gasteiger partial charge in [0.15, 0.2) is 10.9 Å². The summed E-state index contributed by atoms with van der Waals surface area (Å²) in [6.07, 6.45) is 0. The van der Waals surface area contributed by atoms with Crippen molar-refractivity contribution in [3.05, 3.63) is 154 Å². The van der Waals surface area contributed by atoms with Crippen LogP contribution in [0.3, 0.4) is 0 Å². The quantitative estimate of drug-likeness (QED) is 0.173. The first-order valence-electron chi connectivity index (χ1n) is 13.6. The van der Waals surface area contributed by atoms with Gasteiger partial charge in [-0.15, -0.1) is 0 Å². The summed E-state index contributed by atoms with van der Waals surface area (Å²) >= 11 is 0. The van der Waals surface area contributed by atoms with Gasteiger partial charge in [-0.3, -0.25) is 9.59 Å². The van der Waals surface area contributed by atoms with Crippen LogP contribution in [0.15, 0.2) is 143 Å². The van der Waals surface area contributed by atoms with Crippen LogP contribution in [0, 0.1) is 0 Å². The van der Waals surface area contributed by atoms with Gasteiger partial charge in [0, 0.05) is 32.7 Å². The molecule has 0 saturated carbocycles. The van der Waals surface area contributed by atoms with E-state index in [1.54, 1.807) is 0 Å². The van der Waals surface area contributed by atoms with E-state index in [4.69, 9.17) is 4.98 Å². The Kier molecular flexibility index (Phi) is 5.09. The van der Waals surface area contributed by atoms with Gasteiger partial charge >= 0.3 is 0 Å². The lowest BCUT2D eigenvalue weighted by molar-refractivity contribution is 1.30. The van der Waals surface area contributed by atoms with E-state index in [0.717, 1.165) is 44.7 Å². The molecule has 8 rings (SSSR count). The molecule has 5 aromatic carbocycles. The average Bonchev–Trinajstić information content (AvgIpc) is 3.05. The van der Waals surface area contributed by atoms with Gasteiger partial charge in [0.05, 0.1) is 27.9 Å². The molecule has 4 heteroatoms. The van der Waals surface area contributed by atoms with Gasteiger partial charge in [-0.25, -0.2) is 4.98 Å². The fraction of sp³-hybridized carbons (Fsp3) is 0. The van der Waals surface area contributed by atoms with Crippen molar-refractivity contribution in [2.24, 2.45) is 0 Å². The molecule has 0 fully saturated rings. The van der Waals surface area contributed by atoms with Crippen molar-refractivity contribution in [3.8, 4) is 33.6 Å². The summed E-state index contributed by atoms with van der Waals surface area (Å²) in [4.78, 5) is 32.9. The minimum absolute atomic E-state index is 0.0808. The molecule has 0 unspecified atom stereocenters. The van der Waals surface area contributed by atoms with Crippen molar-refractivity contribution in [1.29, 1.82) is 0 Å². The number of pyridine rings is 3. The summed E-state index contributed by atoms with van der Waals surface area (Å²) in [5.74, 6) is 0. The second-order valence-corrected chi connectivity index (χ2v) is 10.3. The van der Waals surface area contributed by atoms with Crippen LogP contribution >= 0.6 is 0 Å². The van der Waals surface area contributed by atoms with E-state index < -0.39 is 0 Å². The standard InChI is InChI=1S/C37H22N2O2/c40-36-27-15-7-9-17-33(27)39-34-18-10-8-16-28(34)37(41)30-20-25(19-29(36)35(30)39)26-21-31(23-11-3-1-4-12-23)38-32(22-26)24-13-5-2-6-14-24/h1-22H. The monoisotopic (exact) mass is 526 g/mol. The highest BCUT2D eigenvalue weighted by Gasteiger charge is 2.19. The maximum Gasteiger partial charge on any atom is 0.197 e. The normalized spacial score (nSPS) is 11.6. The second kappa shape index (κ2) is 8.97. The number of benzene rings is 5. The first kappa shape index (κ1) is 23.3. The van der Waals surface area contributed by atoms with Gasteiger partial charge in [0.1, 0.15) is 0 Å². The summed E-state index contributed by atoms with van der Waals surface area (Å²) in [5, 5.41) is 2.30. The second-order valence-electron chi connectivity index (χ2n) is 10.3. The van der Waals surface area contributed by atoms with Crippen molar-refractivity contribution >= 4 is 38.1 Å². The van der Waals surface area contributed by atoms with Crippen LogP contribution in [0.25, 0.3) is 71.7 Å². The number of nitrogens with zero attached hydrogens (tertiary/aromatic N) is 2. The molecule has 0 spiro atoms. The molecule has 0 aliphatic heterocycles. The fourth-order valence-corrected chi connectivity index (χ4v) is 5.98. The summed E-state index contributed by atoms with van der Waals surface area (Å²) in [6, 6.07) is 43.3. The minimum Gasteiger partial charge on any atom is -0.308 e. The number of rotatable bonds is 3. The Morgan fingerprint density at radius 1 is 0.415 bits per heavy atom. The maximum atomic E-state index is 14.0. The Morgan fingerprint density at radius 2 is 0.829 bits per heavy atom. The van der Waals surface area contributed by atoms with Crippen LogP contribution in [0.4, 0.5) is 0 Å². The van der Waals surface area contributed by atoms with Crippen LogP contribution in [0.5, 0.6) is 0 Å². The Morgan fingerprint density at radius 3 is 1.32 bits per heavy atom. The zero-order valence-electron chi connectivity index (χ0n) is 21.9. The van der Waals surface area contributed by atoms with Gasteiger partial charge < -0.3 is 4.40 Å². The third-order valence-electron chi connectivity index (χ3n) is 7.90. The third-order valence-corrected chi connectivity index (χ3v) is 7.90.